The van der Waals surface area contributed by atoms with Gasteiger partial charge in [0.1, 0.15) is 12.6 Å². The molecule has 0 aromatic heterocycles. The van der Waals surface area contributed by atoms with E-state index < -0.39 is 12.1 Å². The number of amides is 4. The van der Waals surface area contributed by atoms with Gasteiger partial charge in [0.25, 0.3) is 5.91 Å². The maximum absolute atomic E-state index is 12.9. The molecule has 10 nitrogen and oxygen atoms in total. The van der Waals surface area contributed by atoms with Crippen molar-refractivity contribution in [1.29, 1.82) is 0 Å². The van der Waals surface area contributed by atoms with E-state index in [4.69, 9.17) is 15.2 Å². The molecule has 1 aromatic rings. The van der Waals surface area contributed by atoms with Gasteiger partial charge in [0.05, 0.1) is 19.8 Å². The average molecular weight is 476 g/mol. The fourth-order valence-corrected chi connectivity index (χ4v) is 4.28. The zero-order chi connectivity index (χ0) is 24.3. The van der Waals surface area contributed by atoms with Crippen molar-refractivity contribution in [2.24, 2.45) is 5.73 Å². The van der Waals surface area contributed by atoms with Gasteiger partial charge in [-0.05, 0) is 42.9 Å². The van der Waals surface area contributed by atoms with Crippen LogP contribution in [0.4, 0.5) is 4.79 Å². The molecule has 1 saturated heterocycles. The van der Waals surface area contributed by atoms with Crippen LogP contribution in [-0.2, 0) is 36.8 Å². The van der Waals surface area contributed by atoms with E-state index in [-0.39, 0.29) is 30.7 Å². The largest absolute Gasteiger partial charge is 0.447 e. The number of ether oxygens (including phenoxy) is 3. The molecule has 0 bridgehead atoms. The smallest absolute Gasteiger partial charge is 0.404 e. The number of nitrogens with two attached hydrogens (primary N) is 1. The number of piperidine rings is 1. The summed E-state index contributed by atoms with van der Waals surface area (Å²) in [5, 5.41) is 2.34. The predicted octanol–water partition coefficient (Wildman–Crippen LogP) is 1.68. The normalized spacial score (nSPS) is 17.6. The molecule has 2 aliphatic heterocycles. The number of nitrogens with zero attached hydrogens (tertiary/aromatic N) is 1. The number of carbonyl (C=O) groups excluding carboxylic acids is 4. The van der Waals surface area contributed by atoms with Gasteiger partial charge >= 0.3 is 6.09 Å². The lowest BCUT2D eigenvalue weighted by atomic mass is 9.98. The first kappa shape index (κ1) is 25.6. The molecular weight excluding hydrogens is 442 g/mol. The van der Waals surface area contributed by atoms with Crippen molar-refractivity contribution in [3.05, 3.63) is 34.9 Å². The number of primary amides is 1. The summed E-state index contributed by atoms with van der Waals surface area (Å²) in [5.41, 5.74) is 7.66. The lowest BCUT2D eigenvalue weighted by Gasteiger charge is -2.29. The number of rotatable bonds is 14. The lowest BCUT2D eigenvalue weighted by molar-refractivity contribution is -0.136. The van der Waals surface area contributed by atoms with Crippen LogP contribution in [0, 0.1) is 0 Å². The van der Waals surface area contributed by atoms with Gasteiger partial charge in [-0.2, -0.15) is 0 Å². The van der Waals surface area contributed by atoms with E-state index in [0.717, 1.165) is 43.2 Å². The first-order chi connectivity index (χ1) is 16.5. The topological polar surface area (TPSA) is 137 Å². The lowest BCUT2D eigenvalue weighted by Crippen LogP contribution is -2.52. The van der Waals surface area contributed by atoms with Gasteiger partial charge < -0.3 is 24.8 Å². The third kappa shape index (κ3) is 7.26. The fourth-order valence-electron chi connectivity index (χ4n) is 4.28. The Hall–Kier alpha value is -2.98. The van der Waals surface area contributed by atoms with Crippen LogP contribution in [0.5, 0.6) is 0 Å². The van der Waals surface area contributed by atoms with Crippen molar-refractivity contribution in [1.82, 2.24) is 10.2 Å². The standard InChI is InChI=1S/C24H33N3O7/c25-24(31)34-15-14-33-13-12-32-11-4-2-1-3-6-17-7-5-8-18-19(17)16-27(23(18)30)20-9-10-21(28)26-22(20)29/h5,7-8,20H,1-4,6,9-16H2,(H2,25,31)(H,26,28,29). The maximum Gasteiger partial charge on any atom is 0.404 e. The first-order valence-corrected chi connectivity index (χ1v) is 11.8. The summed E-state index contributed by atoms with van der Waals surface area (Å²) in [6.07, 6.45) is 4.76. The van der Waals surface area contributed by atoms with Gasteiger partial charge in [-0.15, -0.1) is 0 Å². The molecule has 1 fully saturated rings. The van der Waals surface area contributed by atoms with Gasteiger partial charge in [-0.1, -0.05) is 25.0 Å². The second-order valence-electron chi connectivity index (χ2n) is 8.40. The zero-order valence-corrected chi connectivity index (χ0v) is 19.4. The molecule has 0 spiro atoms. The predicted molar refractivity (Wildman–Crippen MR) is 122 cm³/mol. The van der Waals surface area contributed by atoms with Crippen LogP contribution >= 0.6 is 0 Å². The fraction of sp³-hybridized carbons (Fsp3) is 0.583. The Morgan fingerprint density at radius 3 is 2.50 bits per heavy atom. The van der Waals surface area contributed by atoms with Crippen LogP contribution in [0.3, 0.4) is 0 Å². The Bertz CT molecular complexity index is 889. The van der Waals surface area contributed by atoms with Crippen molar-refractivity contribution in [2.75, 3.05) is 33.0 Å². The first-order valence-electron chi connectivity index (χ1n) is 11.8. The molecule has 1 atom stereocenters. The maximum atomic E-state index is 12.9. The number of imide groups is 1. The van der Waals surface area contributed by atoms with Gasteiger partial charge in [-0.25, -0.2) is 4.79 Å². The van der Waals surface area contributed by atoms with Crippen LogP contribution in [0.1, 0.15) is 60.0 Å². The van der Waals surface area contributed by atoms with E-state index in [1.807, 2.05) is 12.1 Å². The third-order valence-corrected chi connectivity index (χ3v) is 6.01. The molecule has 1 unspecified atom stereocenters. The Balaban J connectivity index is 1.31. The summed E-state index contributed by atoms with van der Waals surface area (Å²) in [6.45, 7) is 2.45. The van der Waals surface area contributed by atoms with E-state index in [0.29, 0.717) is 45.0 Å². The molecule has 0 aliphatic carbocycles. The second-order valence-corrected chi connectivity index (χ2v) is 8.40. The van der Waals surface area contributed by atoms with Crippen molar-refractivity contribution in [3.63, 3.8) is 0 Å². The van der Waals surface area contributed by atoms with Crippen molar-refractivity contribution < 1.29 is 33.4 Å². The Kier molecular flexibility index (Phi) is 9.84. The molecule has 34 heavy (non-hydrogen) atoms. The monoisotopic (exact) mass is 475 g/mol. The van der Waals surface area contributed by atoms with E-state index in [2.05, 4.69) is 16.1 Å². The number of nitrogens with one attached hydrogen (secondary N) is 1. The molecule has 10 heteroatoms. The van der Waals surface area contributed by atoms with Crippen LogP contribution in [0.2, 0.25) is 0 Å². The SMILES string of the molecule is NC(=O)OCCOCCOCCCCCCc1cccc2c1CN(C1CCC(=O)NC1=O)C2=O. The minimum atomic E-state index is -0.806. The van der Waals surface area contributed by atoms with E-state index in [1.54, 1.807) is 4.90 Å². The van der Waals surface area contributed by atoms with Crippen molar-refractivity contribution in [3.8, 4) is 0 Å². The van der Waals surface area contributed by atoms with Gasteiger partial charge in [0.15, 0.2) is 0 Å². The molecule has 0 radical (unpaired) electrons. The summed E-state index contributed by atoms with van der Waals surface area (Å²) in [5.74, 6) is -0.797. The van der Waals surface area contributed by atoms with Gasteiger partial charge in [-0.3, -0.25) is 19.7 Å². The molecular formula is C24H33N3O7. The highest BCUT2D eigenvalue weighted by atomic mass is 16.6. The van der Waals surface area contributed by atoms with Crippen molar-refractivity contribution in [2.45, 2.75) is 57.5 Å². The minimum Gasteiger partial charge on any atom is -0.447 e. The van der Waals surface area contributed by atoms with Crippen LogP contribution in [0.25, 0.3) is 0 Å². The van der Waals surface area contributed by atoms with Gasteiger partial charge in [0, 0.05) is 25.1 Å². The number of hydrogen-bond donors (Lipinski definition) is 2. The minimum absolute atomic E-state index is 0.132. The highest BCUT2D eigenvalue weighted by Gasteiger charge is 2.39. The highest BCUT2D eigenvalue weighted by Crippen LogP contribution is 2.30. The molecule has 0 saturated carbocycles. The number of hydrogen-bond acceptors (Lipinski definition) is 7. The summed E-state index contributed by atoms with van der Waals surface area (Å²) in [4.78, 5) is 48.6. The van der Waals surface area contributed by atoms with E-state index in [9.17, 15) is 19.2 Å². The molecule has 4 amide bonds. The Morgan fingerprint density at radius 2 is 1.74 bits per heavy atom. The molecule has 2 aliphatic rings. The van der Waals surface area contributed by atoms with Crippen molar-refractivity contribution >= 4 is 23.8 Å². The molecule has 3 N–H and O–H groups in total. The highest BCUT2D eigenvalue weighted by molar-refractivity contribution is 6.05. The summed E-state index contributed by atoms with van der Waals surface area (Å²) in [7, 11) is 0. The quantitative estimate of drug-likeness (QED) is 0.308. The summed E-state index contributed by atoms with van der Waals surface area (Å²) < 4.78 is 15.3. The van der Waals surface area contributed by atoms with E-state index in [1.165, 1.54) is 0 Å². The van der Waals surface area contributed by atoms with Gasteiger partial charge in [0.2, 0.25) is 11.8 Å². The van der Waals surface area contributed by atoms with Crippen LogP contribution < -0.4 is 11.1 Å². The molecule has 1 aromatic carbocycles. The third-order valence-electron chi connectivity index (χ3n) is 6.01. The second kappa shape index (κ2) is 13.0. The van der Waals surface area contributed by atoms with E-state index >= 15 is 0 Å². The Labute approximate surface area is 199 Å². The molecule has 3 rings (SSSR count). The summed E-state index contributed by atoms with van der Waals surface area (Å²) in [6, 6.07) is 5.19. The average Bonchev–Trinajstić information content (AvgIpc) is 3.14. The number of benzene rings is 1. The molecule has 2 heterocycles. The number of unbranched alkanes of at least 4 members (excludes halogenated alkanes) is 3. The number of fused-ring (bicyclic) bond motifs is 1. The number of carbonyl (C=O) groups is 4. The molecule has 186 valence electrons. The zero-order valence-electron chi connectivity index (χ0n) is 19.4. The van der Waals surface area contributed by atoms with Crippen LogP contribution in [0.15, 0.2) is 18.2 Å². The number of aryl methyl sites for hydroxylation is 1. The summed E-state index contributed by atoms with van der Waals surface area (Å²) >= 11 is 0. The Morgan fingerprint density at radius 1 is 1.00 bits per heavy atom. The van der Waals surface area contributed by atoms with Crippen LogP contribution in [-0.4, -0.2) is 67.8 Å².